The highest BCUT2D eigenvalue weighted by atomic mass is 19.4. The summed E-state index contributed by atoms with van der Waals surface area (Å²) in [5.74, 6) is -2.46. The van der Waals surface area contributed by atoms with Gasteiger partial charge in [0.2, 0.25) is 0 Å². The fourth-order valence-corrected chi connectivity index (χ4v) is 2.66. The third-order valence-electron chi connectivity index (χ3n) is 3.94. The van der Waals surface area contributed by atoms with Crippen molar-refractivity contribution < 1.29 is 41.4 Å². The molecule has 0 aliphatic rings. The average molecular weight is 436 g/mol. The van der Waals surface area contributed by atoms with Crippen LogP contribution in [0.25, 0.3) is 22.1 Å². The minimum atomic E-state index is -4.83. The Morgan fingerprint density at radius 3 is 2.55 bits per heavy atom. The van der Waals surface area contributed by atoms with Gasteiger partial charge in [-0.25, -0.2) is 0 Å². The number of benzene rings is 2. The number of carbonyl (C=O) groups excluding carboxylic acids is 3. The summed E-state index contributed by atoms with van der Waals surface area (Å²) in [6.45, 7) is 0.575. The third kappa shape index (κ3) is 5.75. The number of carbonyl (C=O) groups is 3. The fourth-order valence-electron chi connectivity index (χ4n) is 2.66. The van der Waals surface area contributed by atoms with Gasteiger partial charge in [-0.1, -0.05) is 12.1 Å². The van der Waals surface area contributed by atoms with Crippen LogP contribution < -0.4 is 15.6 Å². The molecule has 2 amide bonds. The van der Waals surface area contributed by atoms with Crippen LogP contribution in [-0.4, -0.2) is 30.8 Å². The molecule has 31 heavy (non-hydrogen) atoms. The standard InChI is InChI=1S/C20H15F3N2O6/c1-11(26)29-10-18(27)24-25-19(28)13-5-6-17-15(8-13)16(9-30-17)12-3-2-4-14(7-12)31-20(21,22)23/h2-9H,10H2,1H3,(H,24,27)(H,25,28). The maximum atomic E-state index is 12.5. The Balaban J connectivity index is 1.80. The molecule has 8 nitrogen and oxygen atoms in total. The molecule has 0 atom stereocenters. The molecule has 0 bridgehead atoms. The van der Waals surface area contributed by atoms with Gasteiger partial charge >= 0.3 is 12.3 Å². The Kier molecular flexibility index (Phi) is 6.14. The van der Waals surface area contributed by atoms with E-state index in [1.165, 1.54) is 36.6 Å². The number of hydrogen-bond acceptors (Lipinski definition) is 6. The van der Waals surface area contributed by atoms with Crippen molar-refractivity contribution >= 4 is 28.8 Å². The van der Waals surface area contributed by atoms with Crippen molar-refractivity contribution in [1.29, 1.82) is 0 Å². The molecule has 2 aromatic carbocycles. The summed E-state index contributed by atoms with van der Waals surface area (Å²) in [4.78, 5) is 34.5. The van der Waals surface area contributed by atoms with Gasteiger partial charge < -0.3 is 13.9 Å². The normalized spacial score (nSPS) is 11.1. The highest BCUT2D eigenvalue weighted by molar-refractivity contribution is 6.02. The number of hydrazine groups is 1. The fraction of sp³-hybridized carbons (Fsp3) is 0.150. The third-order valence-corrected chi connectivity index (χ3v) is 3.94. The Labute approximate surface area is 172 Å². The van der Waals surface area contributed by atoms with Gasteiger partial charge in [-0.15, -0.1) is 13.2 Å². The minimum Gasteiger partial charge on any atom is -0.464 e. The predicted octanol–water partition coefficient (Wildman–Crippen LogP) is 3.32. The van der Waals surface area contributed by atoms with Crippen molar-refractivity contribution in [2.24, 2.45) is 0 Å². The topological polar surface area (TPSA) is 107 Å². The molecule has 2 N–H and O–H groups in total. The van der Waals surface area contributed by atoms with E-state index in [1.807, 2.05) is 0 Å². The molecule has 11 heteroatoms. The summed E-state index contributed by atoms with van der Waals surface area (Å²) in [6, 6.07) is 9.71. The summed E-state index contributed by atoms with van der Waals surface area (Å²) in [5, 5.41) is 0.461. The van der Waals surface area contributed by atoms with Gasteiger partial charge in [-0.2, -0.15) is 0 Å². The number of nitrogens with one attached hydrogen (secondary N) is 2. The highest BCUT2D eigenvalue weighted by Crippen LogP contribution is 2.34. The second-order valence-electron chi connectivity index (χ2n) is 6.22. The predicted molar refractivity (Wildman–Crippen MR) is 101 cm³/mol. The second kappa shape index (κ2) is 8.78. The van der Waals surface area contributed by atoms with Crippen LogP contribution in [0.5, 0.6) is 5.75 Å². The smallest absolute Gasteiger partial charge is 0.464 e. The Bertz CT molecular complexity index is 1140. The van der Waals surface area contributed by atoms with E-state index in [1.54, 1.807) is 6.07 Å². The number of furan rings is 1. The molecule has 0 aliphatic heterocycles. The van der Waals surface area contributed by atoms with E-state index in [2.05, 4.69) is 20.3 Å². The zero-order valence-electron chi connectivity index (χ0n) is 15.9. The van der Waals surface area contributed by atoms with Crippen LogP contribution >= 0.6 is 0 Å². The number of fused-ring (bicyclic) bond motifs is 1. The van der Waals surface area contributed by atoms with E-state index in [-0.39, 0.29) is 5.56 Å². The number of amides is 2. The molecule has 0 fully saturated rings. The zero-order chi connectivity index (χ0) is 22.6. The van der Waals surface area contributed by atoms with Gasteiger partial charge in [-0.3, -0.25) is 25.2 Å². The number of alkyl halides is 3. The summed E-state index contributed by atoms with van der Waals surface area (Å²) >= 11 is 0. The molecule has 0 aliphatic carbocycles. The van der Waals surface area contributed by atoms with Crippen molar-refractivity contribution in [2.75, 3.05) is 6.61 Å². The van der Waals surface area contributed by atoms with E-state index < -0.39 is 36.5 Å². The molecular formula is C20H15F3N2O6. The molecular weight excluding hydrogens is 421 g/mol. The quantitative estimate of drug-likeness (QED) is 0.470. The molecule has 3 aromatic rings. The van der Waals surface area contributed by atoms with Crippen molar-refractivity contribution in [3.05, 3.63) is 54.3 Å². The molecule has 162 valence electrons. The van der Waals surface area contributed by atoms with Crippen LogP contribution in [0.4, 0.5) is 13.2 Å². The highest BCUT2D eigenvalue weighted by Gasteiger charge is 2.31. The van der Waals surface area contributed by atoms with Gasteiger partial charge in [0.15, 0.2) is 6.61 Å². The molecule has 0 saturated carbocycles. The van der Waals surface area contributed by atoms with Crippen LogP contribution in [0.1, 0.15) is 17.3 Å². The molecule has 1 aromatic heterocycles. The monoisotopic (exact) mass is 436 g/mol. The van der Waals surface area contributed by atoms with Gasteiger partial charge in [0.1, 0.15) is 11.3 Å². The molecule has 0 unspecified atom stereocenters. The average Bonchev–Trinajstić information content (AvgIpc) is 3.12. The first-order chi connectivity index (χ1) is 14.6. The summed E-state index contributed by atoms with van der Waals surface area (Å²) < 4.78 is 51.3. The molecule has 0 spiro atoms. The summed E-state index contributed by atoms with van der Waals surface area (Å²) in [5.41, 5.74) is 5.62. The molecule has 1 heterocycles. The maximum Gasteiger partial charge on any atom is 0.573 e. The first-order valence-electron chi connectivity index (χ1n) is 8.72. The van der Waals surface area contributed by atoms with E-state index in [0.29, 0.717) is 22.1 Å². The maximum absolute atomic E-state index is 12.5. The molecule has 0 radical (unpaired) electrons. The first kappa shape index (κ1) is 21.7. The molecule has 3 rings (SSSR count). The van der Waals surface area contributed by atoms with Crippen molar-refractivity contribution in [1.82, 2.24) is 10.9 Å². The lowest BCUT2D eigenvalue weighted by Gasteiger charge is -2.10. The number of esters is 1. The number of ether oxygens (including phenoxy) is 2. The van der Waals surface area contributed by atoms with Gasteiger partial charge in [0, 0.05) is 23.4 Å². The van der Waals surface area contributed by atoms with Crippen LogP contribution in [-0.2, 0) is 14.3 Å². The Morgan fingerprint density at radius 1 is 1.06 bits per heavy atom. The minimum absolute atomic E-state index is 0.144. The first-order valence-corrected chi connectivity index (χ1v) is 8.72. The lowest BCUT2D eigenvalue weighted by atomic mass is 10.0. The van der Waals surface area contributed by atoms with E-state index in [9.17, 15) is 27.6 Å². The lowest BCUT2D eigenvalue weighted by molar-refractivity contribution is -0.274. The number of rotatable bonds is 5. The zero-order valence-corrected chi connectivity index (χ0v) is 15.9. The van der Waals surface area contributed by atoms with Crippen molar-refractivity contribution in [3.63, 3.8) is 0 Å². The SMILES string of the molecule is CC(=O)OCC(=O)NNC(=O)c1ccc2occ(-c3cccc(OC(F)(F)F)c3)c2c1. The van der Waals surface area contributed by atoms with Crippen LogP contribution in [0.3, 0.4) is 0 Å². The van der Waals surface area contributed by atoms with Gasteiger partial charge in [-0.05, 0) is 35.9 Å². The number of hydrogen-bond donors (Lipinski definition) is 2. The largest absolute Gasteiger partial charge is 0.573 e. The van der Waals surface area contributed by atoms with E-state index >= 15 is 0 Å². The van der Waals surface area contributed by atoms with E-state index in [0.717, 1.165) is 13.0 Å². The van der Waals surface area contributed by atoms with Crippen molar-refractivity contribution in [2.45, 2.75) is 13.3 Å². The van der Waals surface area contributed by atoms with Crippen LogP contribution in [0.2, 0.25) is 0 Å². The van der Waals surface area contributed by atoms with Crippen LogP contribution in [0, 0.1) is 0 Å². The lowest BCUT2D eigenvalue weighted by Crippen LogP contribution is -2.43. The van der Waals surface area contributed by atoms with Crippen LogP contribution in [0.15, 0.2) is 53.1 Å². The Hall–Kier alpha value is -4.02. The molecule has 0 saturated heterocycles. The van der Waals surface area contributed by atoms with Gasteiger partial charge in [0.25, 0.3) is 11.8 Å². The number of halogens is 3. The van der Waals surface area contributed by atoms with Crippen molar-refractivity contribution in [3.8, 4) is 16.9 Å². The second-order valence-corrected chi connectivity index (χ2v) is 6.22. The van der Waals surface area contributed by atoms with E-state index in [4.69, 9.17) is 4.42 Å². The Morgan fingerprint density at radius 2 is 1.84 bits per heavy atom. The van der Waals surface area contributed by atoms with Gasteiger partial charge in [0.05, 0.1) is 6.26 Å². The summed E-state index contributed by atoms with van der Waals surface area (Å²) in [6.07, 6.45) is -3.48. The summed E-state index contributed by atoms with van der Waals surface area (Å²) in [7, 11) is 0.